The van der Waals surface area contributed by atoms with Crippen LogP contribution in [0.5, 0.6) is 0 Å². The number of aliphatic hydroxyl groups excluding tert-OH is 1. The van der Waals surface area contributed by atoms with E-state index < -0.39 is 0 Å². The highest BCUT2D eigenvalue weighted by Gasteiger charge is 2.03. The summed E-state index contributed by atoms with van der Waals surface area (Å²) in [6.07, 6.45) is 3.10. The number of hydrogen-bond acceptors (Lipinski definition) is 3. The standard InChI is InChI=1S/C8H9N3O2/c12-4-3-11-2-1-6-7(11)9-5-10-8(6)13/h1-2,5,12H,3-4H2,(H,9,10,13). The number of H-pyrrole nitrogens is 1. The second-order valence-electron chi connectivity index (χ2n) is 2.70. The first kappa shape index (κ1) is 8.00. The van der Waals surface area contributed by atoms with Crippen LogP contribution in [-0.4, -0.2) is 26.2 Å². The van der Waals surface area contributed by atoms with E-state index in [1.54, 1.807) is 16.8 Å². The van der Waals surface area contributed by atoms with Crippen LogP contribution in [0.2, 0.25) is 0 Å². The second-order valence-corrected chi connectivity index (χ2v) is 2.70. The zero-order valence-electron chi connectivity index (χ0n) is 6.90. The molecule has 13 heavy (non-hydrogen) atoms. The fourth-order valence-electron chi connectivity index (χ4n) is 1.30. The molecule has 5 nitrogen and oxygen atoms in total. The van der Waals surface area contributed by atoms with Gasteiger partial charge in [-0.2, -0.15) is 0 Å². The maximum Gasteiger partial charge on any atom is 0.260 e. The fraction of sp³-hybridized carbons (Fsp3) is 0.250. The van der Waals surface area contributed by atoms with E-state index in [1.807, 2.05) is 0 Å². The van der Waals surface area contributed by atoms with E-state index in [-0.39, 0.29) is 12.2 Å². The number of fused-ring (bicyclic) bond motifs is 1. The Bertz CT molecular complexity index is 471. The van der Waals surface area contributed by atoms with Crippen LogP contribution in [0.25, 0.3) is 11.0 Å². The Balaban J connectivity index is 2.68. The Morgan fingerprint density at radius 2 is 2.46 bits per heavy atom. The van der Waals surface area contributed by atoms with E-state index in [9.17, 15) is 4.79 Å². The van der Waals surface area contributed by atoms with Gasteiger partial charge in [-0.05, 0) is 6.07 Å². The van der Waals surface area contributed by atoms with Crippen molar-refractivity contribution in [3.63, 3.8) is 0 Å². The molecule has 5 heteroatoms. The summed E-state index contributed by atoms with van der Waals surface area (Å²) in [7, 11) is 0. The summed E-state index contributed by atoms with van der Waals surface area (Å²) in [6.45, 7) is 0.498. The molecule has 0 amide bonds. The number of aromatic nitrogens is 3. The average Bonchev–Trinajstić information content (AvgIpc) is 2.51. The summed E-state index contributed by atoms with van der Waals surface area (Å²) in [6, 6.07) is 1.69. The van der Waals surface area contributed by atoms with Gasteiger partial charge in [0.2, 0.25) is 0 Å². The van der Waals surface area contributed by atoms with Crippen LogP contribution < -0.4 is 5.56 Å². The summed E-state index contributed by atoms with van der Waals surface area (Å²) in [5, 5.41) is 9.28. The van der Waals surface area contributed by atoms with E-state index in [2.05, 4.69) is 9.97 Å². The minimum Gasteiger partial charge on any atom is -0.395 e. The first-order valence-electron chi connectivity index (χ1n) is 3.96. The van der Waals surface area contributed by atoms with Crippen LogP contribution in [0, 0.1) is 0 Å². The van der Waals surface area contributed by atoms with Crippen LogP contribution in [0.3, 0.4) is 0 Å². The molecule has 2 heterocycles. The van der Waals surface area contributed by atoms with Crippen molar-refractivity contribution in [3.05, 3.63) is 28.9 Å². The molecule has 0 unspecified atom stereocenters. The minimum absolute atomic E-state index is 0.0399. The lowest BCUT2D eigenvalue weighted by molar-refractivity contribution is 0.278. The highest BCUT2D eigenvalue weighted by molar-refractivity contribution is 5.74. The topological polar surface area (TPSA) is 70.9 Å². The first-order chi connectivity index (χ1) is 6.33. The molecule has 2 N–H and O–H groups in total. The van der Waals surface area contributed by atoms with Crippen molar-refractivity contribution in [1.82, 2.24) is 14.5 Å². The molecule has 0 aliphatic rings. The largest absolute Gasteiger partial charge is 0.395 e. The van der Waals surface area contributed by atoms with Crippen molar-refractivity contribution in [2.24, 2.45) is 0 Å². The van der Waals surface area contributed by atoms with Gasteiger partial charge >= 0.3 is 0 Å². The van der Waals surface area contributed by atoms with Gasteiger partial charge in [-0.15, -0.1) is 0 Å². The maximum atomic E-state index is 11.2. The summed E-state index contributed by atoms with van der Waals surface area (Å²) in [5.41, 5.74) is 0.458. The molecule has 0 radical (unpaired) electrons. The molecule has 0 bridgehead atoms. The number of hydrogen-bond donors (Lipinski definition) is 2. The maximum absolute atomic E-state index is 11.2. The van der Waals surface area contributed by atoms with E-state index in [1.165, 1.54) is 6.33 Å². The van der Waals surface area contributed by atoms with Crippen molar-refractivity contribution in [3.8, 4) is 0 Å². The monoisotopic (exact) mass is 179 g/mol. The van der Waals surface area contributed by atoms with Crippen molar-refractivity contribution in [2.45, 2.75) is 6.54 Å². The summed E-state index contributed by atoms with van der Waals surface area (Å²) in [4.78, 5) is 17.7. The van der Waals surface area contributed by atoms with Gasteiger partial charge in [-0.25, -0.2) is 4.98 Å². The van der Waals surface area contributed by atoms with Gasteiger partial charge in [-0.1, -0.05) is 0 Å². The zero-order chi connectivity index (χ0) is 9.26. The highest BCUT2D eigenvalue weighted by Crippen LogP contribution is 2.06. The summed E-state index contributed by atoms with van der Waals surface area (Å²) < 4.78 is 1.74. The molecule has 68 valence electrons. The smallest absolute Gasteiger partial charge is 0.260 e. The summed E-state index contributed by atoms with van der Waals surface area (Å²) >= 11 is 0. The minimum atomic E-state index is -0.151. The second kappa shape index (κ2) is 3.02. The average molecular weight is 179 g/mol. The molecule has 0 aromatic carbocycles. The Morgan fingerprint density at radius 1 is 1.62 bits per heavy atom. The van der Waals surface area contributed by atoms with Crippen LogP contribution in [0.15, 0.2) is 23.4 Å². The molecular weight excluding hydrogens is 170 g/mol. The third-order valence-corrected chi connectivity index (χ3v) is 1.90. The van der Waals surface area contributed by atoms with Gasteiger partial charge in [-0.3, -0.25) is 4.79 Å². The zero-order valence-corrected chi connectivity index (χ0v) is 6.90. The molecule has 0 spiro atoms. The highest BCUT2D eigenvalue weighted by atomic mass is 16.3. The van der Waals surface area contributed by atoms with Crippen molar-refractivity contribution in [2.75, 3.05) is 6.61 Å². The summed E-state index contributed by atoms with van der Waals surface area (Å²) in [5.74, 6) is 0. The van der Waals surface area contributed by atoms with E-state index >= 15 is 0 Å². The molecule has 0 saturated heterocycles. The van der Waals surface area contributed by atoms with Crippen LogP contribution in [-0.2, 0) is 6.54 Å². The number of nitrogens with one attached hydrogen (secondary N) is 1. The van der Waals surface area contributed by atoms with E-state index in [0.29, 0.717) is 17.6 Å². The lowest BCUT2D eigenvalue weighted by Crippen LogP contribution is -2.07. The molecule has 2 aromatic rings. The van der Waals surface area contributed by atoms with E-state index in [0.717, 1.165) is 0 Å². The number of nitrogens with zero attached hydrogens (tertiary/aromatic N) is 2. The number of rotatable bonds is 2. The van der Waals surface area contributed by atoms with Gasteiger partial charge in [0, 0.05) is 12.7 Å². The molecule has 0 saturated carbocycles. The van der Waals surface area contributed by atoms with Crippen molar-refractivity contribution < 1.29 is 5.11 Å². The number of aliphatic hydroxyl groups is 1. The SMILES string of the molecule is O=c1[nH]cnc2c1ccn2CCO. The lowest BCUT2D eigenvalue weighted by atomic mass is 10.4. The Labute approximate surface area is 73.7 Å². The molecule has 0 aliphatic carbocycles. The van der Waals surface area contributed by atoms with Crippen molar-refractivity contribution >= 4 is 11.0 Å². The number of aromatic amines is 1. The van der Waals surface area contributed by atoms with Gasteiger partial charge < -0.3 is 14.7 Å². The Hall–Kier alpha value is -1.62. The molecule has 2 aromatic heterocycles. The van der Waals surface area contributed by atoms with Gasteiger partial charge in [0.05, 0.1) is 18.3 Å². The molecule has 2 rings (SSSR count). The van der Waals surface area contributed by atoms with Crippen LogP contribution >= 0.6 is 0 Å². The molecule has 0 aliphatic heterocycles. The third-order valence-electron chi connectivity index (χ3n) is 1.90. The van der Waals surface area contributed by atoms with Gasteiger partial charge in [0.15, 0.2) is 0 Å². The molecular formula is C8H9N3O2. The van der Waals surface area contributed by atoms with Crippen LogP contribution in [0.1, 0.15) is 0 Å². The lowest BCUT2D eigenvalue weighted by Gasteiger charge is -1.99. The van der Waals surface area contributed by atoms with Gasteiger partial charge in [0.1, 0.15) is 5.65 Å². The quantitative estimate of drug-likeness (QED) is 0.665. The Kier molecular flexibility index (Phi) is 1.86. The first-order valence-corrected chi connectivity index (χ1v) is 3.96. The third kappa shape index (κ3) is 1.23. The predicted molar refractivity (Wildman–Crippen MR) is 47.4 cm³/mol. The van der Waals surface area contributed by atoms with Crippen molar-refractivity contribution in [1.29, 1.82) is 0 Å². The molecule has 0 fully saturated rings. The predicted octanol–water partition coefficient (Wildman–Crippen LogP) is -0.283. The van der Waals surface area contributed by atoms with Crippen LogP contribution in [0.4, 0.5) is 0 Å². The normalized spacial score (nSPS) is 10.8. The van der Waals surface area contributed by atoms with E-state index in [4.69, 9.17) is 5.11 Å². The Morgan fingerprint density at radius 3 is 3.23 bits per heavy atom. The van der Waals surface area contributed by atoms with Gasteiger partial charge in [0.25, 0.3) is 5.56 Å². The fourth-order valence-corrected chi connectivity index (χ4v) is 1.30. The molecule has 0 atom stereocenters.